The third-order valence-electron chi connectivity index (χ3n) is 5.44. The average Bonchev–Trinajstić information content (AvgIpc) is 3.06. The Morgan fingerprint density at radius 3 is 2.64 bits per heavy atom. The summed E-state index contributed by atoms with van der Waals surface area (Å²) in [7, 11) is 0. The van der Waals surface area contributed by atoms with E-state index in [1.807, 2.05) is 11.6 Å². The van der Waals surface area contributed by atoms with Crippen molar-refractivity contribution >= 4 is 5.91 Å². The highest BCUT2D eigenvalue weighted by Gasteiger charge is 2.38. The molecule has 1 aromatic rings. The van der Waals surface area contributed by atoms with Crippen LogP contribution in [0.25, 0.3) is 0 Å². The summed E-state index contributed by atoms with van der Waals surface area (Å²) in [5.41, 5.74) is 2.62. The van der Waals surface area contributed by atoms with Crippen LogP contribution in [-0.4, -0.2) is 46.8 Å². The molecule has 1 spiro atoms. The molecule has 2 aliphatic rings. The number of nitrogens with one attached hydrogen (secondary N) is 1. The van der Waals surface area contributed by atoms with Crippen LogP contribution in [0.15, 0.2) is 6.07 Å². The molecule has 5 nitrogen and oxygen atoms in total. The van der Waals surface area contributed by atoms with Crippen LogP contribution in [-0.2, 0) is 4.79 Å². The molecule has 1 aromatic heterocycles. The number of hydrogen-bond donors (Lipinski definition) is 1. The smallest absolute Gasteiger partial charge is 0.224 e. The highest BCUT2D eigenvalue weighted by molar-refractivity contribution is 5.76. The van der Waals surface area contributed by atoms with Crippen molar-refractivity contribution in [3.05, 3.63) is 17.5 Å². The fourth-order valence-electron chi connectivity index (χ4n) is 4.01. The summed E-state index contributed by atoms with van der Waals surface area (Å²) < 4.78 is 1.99. The maximum Gasteiger partial charge on any atom is 0.224 e. The Bertz CT molecular complexity index is 535. The van der Waals surface area contributed by atoms with Gasteiger partial charge < -0.3 is 10.2 Å². The Morgan fingerprint density at radius 2 is 2.09 bits per heavy atom. The highest BCUT2D eigenvalue weighted by atomic mass is 16.2. The predicted molar refractivity (Wildman–Crippen MR) is 86.8 cm³/mol. The minimum atomic E-state index is 0.130. The molecule has 1 N–H and O–H groups in total. The van der Waals surface area contributed by atoms with Crippen molar-refractivity contribution in [2.24, 2.45) is 5.41 Å². The lowest BCUT2D eigenvalue weighted by Crippen LogP contribution is -2.44. The molecule has 2 aliphatic heterocycles. The second-order valence-electron chi connectivity index (χ2n) is 7.23. The summed E-state index contributed by atoms with van der Waals surface area (Å²) >= 11 is 0. The Balaban J connectivity index is 1.55. The first kappa shape index (κ1) is 15.5. The first-order chi connectivity index (χ1) is 10.5. The van der Waals surface area contributed by atoms with Gasteiger partial charge in [0.1, 0.15) is 0 Å². The Kier molecular flexibility index (Phi) is 4.26. The largest absolute Gasteiger partial charge is 0.343 e. The number of aryl methyl sites for hydroxylation is 2. The molecule has 1 amide bonds. The Labute approximate surface area is 133 Å². The quantitative estimate of drug-likeness (QED) is 0.930. The number of carbonyl (C=O) groups excluding carboxylic acids is 1. The maximum absolute atomic E-state index is 12.6. The van der Waals surface area contributed by atoms with E-state index in [9.17, 15) is 4.79 Å². The van der Waals surface area contributed by atoms with Crippen molar-refractivity contribution in [2.75, 3.05) is 26.2 Å². The summed E-state index contributed by atoms with van der Waals surface area (Å²) in [6.45, 7) is 10.3. The third kappa shape index (κ3) is 3.05. The third-order valence-corrected chi connectivity index (χ3v) is 5.44. The average molecular weight is 304 g/mol. The summed E-state index contributed by atoms with van der Waals surface area (Å²) in [6.07, 6.45) is 4.13. The molecule has 2 fully saturated rings. The number of nitrogens with zero attached hydrogens (tertiary/aromatic N) is 3. The first-order valence-corrected chi connectivity index (χ1v) is 8.50. The van der Waals surface area contributed by atoms with Crippen LogP contribution < -0.4 is 5.32 Å². The number of amides is 1. The molecule has 22 heavy (non-hydrogen) atoms. The zero-order valence-corrected chi connectivity index (χ0v) is 14.1. The van der Waals surface area contributed by atoms with Gasteiger partial charge in [-0.15, -0.1) is 0 Å². The summed E-state index contributed by atoms with van der Waals surface area (Å²) in [5, 5.41) is 7.98. The summed E-state index contributed by atoms with van der Waals surface area (Å²) in [6, 6.07) is 2.20. The monoisotopic (exact) mass is 304 g/mol. The molecule has 2 saturated heterocycles. The van der Waals surface area contributed by atoms with Gasteiger partial charge in [-0.1, -0.05) is 0 Å². The summed E-state index contributed by atoms with van der Waals surface area (Å²) in [5.74, 6) is 0.279. The van der Waals surface area contributed by atoms with Crippen molar-refractivity contribution in [1.82, 2.24) is 20.0 Å². The van der Waals surface area contributed by atoms with Crippen molar-refractivity contribution in [3.8, 4) is 0 Å². The molecular formula is C17H28N4O. The SMILES string of the molecule is Cc1cc(C)n(C(C)CC(=O)N2CCC3(CCNC3)CC2)n1. The van der Waals surface area contributed by atoms with E-state index in [-0.39, 0.29) is 11.9 Å². The van der Waals surface area contributed by atoms with Crippen molar-refractivity contribution in [2.45, 2.75) is 52.5 Å². The predicted octanol–water partition coefficient (Wildman–Crippen LogP) is 2.05. The van der Waals surface area contributed by atoms with E-state index in [2.05, 4.69) is 35.2 Å². The van der Waals surface area contributed by atoms with Crippen molar-refractivity contribution in [1.29, 1.82) is 0 Å². The van der Waals surface area contributed by atoms with Gasteiger partial charge in [-0.2, -0.15) is 5.10 Å². The Morgan fingerprint density at radius 1 is 1.36 bits per heavy atom. The van der Waals surface area contributed by atoms with Gasteiger partial charge in [0, 0.05) is 31.7 Å². The molecule has 0 aliphatic carbocycles. The van der Waals surface area contributed by atoms with E-state index in [1.54, 1.807) is 0 Å². The van der Waals surface area contributed by atoms with Gasteiger partial charge in [-0.25, -0.2) is 0 Å². The number of likely N-dealkylation sites (tertiary alicyclic amines) is 1. The Hall–Kier alpha value is -1.36. The van der Waals surface area contributed by atoms with Gasteiger partial charge in [-0.05, 0) is 58.1 Å². The fourth-order valence-corrected chi connectivity index (χ4v) is 4.01. The van der Waals surface area contributed by atoms with E-state index in [0.717, 1.165) is 50.4 Å². The number of hydrogen-bond acceptors (Lipinski definition) is 3. The van der Waals surface area contributed by atoms with Crippen molar-refractivity contribution < 1.29 is 4.79 Å². The van der Waals surface area contributed by atoms with Crippen LogP contribution in [0.4, 0.5) is 0 Å². The lowest BCUT2D eigenvalue weighted by molar-refractivity contribution is -0.134. The first-order valence-electron chi connectivity index (χ1n) is 8.50. The van der Waals surface area contributed by atoms with Crippen LogP contribution in [0.5, 0.6) is 0 Å². The van der Waals surface area contributed by atoms with Gasteiger partial charge in [0.2, 0.25) is 5.91 Å². The standard InChI is InChI=1S/C17H28N4O/c1-13-10-14(2)21(19-13)15(3)11-16(22)20-8-5-17(6-9-20)4-7-18-12-17/h10,15,18H,4-9,11-12H2,1-3H3. The van der Waals surface area contributed by atoms with Gasteiger partial charge >= 0.3 is 0 Å². The van der Waals surface area contributed by atoms with Crippen LogP contribution >= 0.6 is 0 Å². The molecule has 1 atom stereocenters. The molecule has 3 heterocycles. The van der Waals surface area contributed by atoms with Crippen LogP contribution in [0.2, 0.25) is 0 Å². The van der Waals surface area contributed by atoms with Gasteiger partial charge in [0.15, 0.2) is 0 Å². The lowest BCUT2D eigenvalue weighted by Gasteiger charge is -2.39. The molecule has 1 unspecified atom stereocenters. The maximum atomic E-state index is 12.6. The second kappa shape index (κ2) is 6.03. The van der Waals surface area contributed by atoms with E-state index in [0.29, 0.717) is 11.8 Å². The van der Waals surface area contributed by atoms with Crippen LogP contribution in [0.3, 0.4) is 0 Å². The molecule has 5 heteroatoms. The zero-order chi connectivity index (χ0) is 15.7. The molecule has 122 valence electrons. The van der Waals surface area contributed by atoms with Crippen LogP contribution in [0.1, 0.15) is 50.0 Å². The van der Waals surface area contributed by atoms with E-state index >= 15 is 0 Å². The second-order valence-corrected chi connectivity index (χ2v) is 7.23. The van der Waals surface area contributed by atoms with Gasteiger partial charge in [0.25, 0.3) is 0 Å². The van der Waals surface area contributed by atoms with Gasteiger partial charge in [-0.3, -0.25) is 9.48 Å². The number of piperidine rings is 1. The van der Waals surface area contributed by atoms with Gasteiger partial charge in [0.05, 0.1) is 11.7 Å². The number of carbonyl (C=O) groups is 1. The highest BCUT2D eigenvalue weighted by Crippen LogP contribution is 2.37. The topological polar surface area (TPSA) is 50.2 Å². The van der Waals surface area contributed by atoms with Crippen molar-refractivity contribution in [3.63, 3.8) is 0 Å². The minimum absolute atomic E-state index is 0.130. The molecule has 0 saturated carbocycles. The molecular weight excluding hydrogens is 276 g/mol. The summed E-state index contributed by atoms with van der Waals surface area (Å²) in [4.78, 5) is 14.6. The number of aromatic nitrogens is 2. The fraction of sp³-hybridized carbons (Fsp3) is 0.765. The normalized spacial score (nSPS) is 22.2. The minimum Gasteiger partial charge on any atom is -0.343 e. The molecule has 0 bridgehead atoms. The zero-order valence-electron chi connectivity index (χ0n) is 14.1. The molecule has 0 radical (unpaired) electrons. The molecule has 3 rings (SSSR count). The van der Waals surface area contributed by atoms with E-state index < -0.39 is 0 Å². The van der Waals surface area contributed by atoms with E-state index in [1.165, 1.54) is 6.42 Å². The number of rotatable bonds is 3. The lowest BCUT2D eigenvalue weighted by atomic mass is 9.78. The molecule has 0 aromatic carbocycles. The van der Waals surface area contributed by atoms with Crippen LogP contribution in [0, 0.1) is 19.3 Å². The van der Waals surface area contributed by atoms with E-state index in [4.69, 9.17) is 0 Å².